The van der Waals surface area contributed by atoms with Crippen LogP contribution in [0, 0.1) is 5.41 Å². The van der Waals surface area contributed by atoms with Crippen LogP contribution < -0.4 is 15.5 Å². The van der Waals surface area contributed by atoms with Crippen LogP contribution in [0.15, 0.2) is 23.3 Å². The minimum Gasteiger partial charge on any atom is -0.396 e. The summed E-state index contributed by atoms with van der Waals surface area (Å²) in [6, 6.07) is 4.24. The first kappa shape index (κ1) is 25.1. The molecule has 1 atom stereocenters. The Labute approximate surface area is 197 Å². The number of aliphatic imine (C=N–C) groups is 1. The average molecular weight is 532 g/mol. The predicted octanol–water partition coefficient (Wildman–Crippen LogP) is 1.30. The Bertz CT molecular complexity index is 643. The first-order chi connectivity index (χ1) is 14.2. The predicted molar refractivity (Wildman–Crippen MR) is 132 cm³/mol. The fourth-order valence-corrected chi connectivity index (χ4v) is 3.99. The zero-order valence-corrected chi connectivity index (χ0v) is 20.6. The van der Waals surface area contributed by atoms with E-state index in [9.17, 15) is 5.11 Å². The summed E-state index contributed by atoms with van der Waals surface area (Å²) in [5.41, 5.74) is 1.12. The van der Waals surface area contributed by atoms with Gasteiger partial charge in [-0.3, -0.25) is 4.99 Å². The lowest BCUT2D eigenvalue weighted by molar-refractivity contribution is 0.127. The topological polar surface area (TPSA) is 85.2 Å². The van der Waals surface area contributed by atoms with E-state index >= 15 is 0 Å². The van der Waals surface area contributed by atoms with Crippen molar-refractivity contribution >= 4 is 35.8 Å². The molecule has 1 aromatic heterocycles. The molecule has 30 heavy (non-hydrogen) atoms. The van der Waals surface area contributed by atoms with Crippen LogP contribution in [0.25, 0.3) is 0 Å². The average Bonchev–Trinajstić information content (AvgIpc) is 3.23. The van der Waals surface area contributed by atoms with Crippen molar-refractivity contribution in [3.8, 4) is 0 Å². The molecule has 9 heteroatoms. The van der Waals surface area contributed by atoms with Crippen molar-refractivity contribution in [3.63, 3.8) is 0 Å². The second kappa shape index (κ2) is 12.6. The van der Waals surface area contributed by atoms with Crippen molar-refractivity contribution in [2.24, 2.45) is 10.4 Å². The van der Waals surface area contributed by atoms with E-state index in [1.807, 2.05) is 6.20 Å². The summed E-state index contributed by atoms with van der Waals surface area (Å²) in [7, 11) is 1.77. The molecule has 0 spiro atoms. The minimum absolute atomic E-state index is 0. The maximum Gasteiger partial charge on any atom is 0.191 e. The molecule has 2 fully saturated rings. The number of halogens is 1. The van der Waals surface area contributed by atoms with Crippen LogP contribution in [0.2, 0.25) is 0 Å². The lowest BCUT2D eigenvalue weighted by Gasteiger charge is -2.34. The Balaban J connectivity index is 0.00000320. The third-order valence-electron chi connectivity index (χ3n) is 6.09. The van der Waals surface area contributed by atoms with Crippen molar-refractivity contribution in [2.45, 2.75) is 26.3 Å². The number of ether oxygens (including phenoxy) is 1. The number of nitrogens with one attached hydrogen (secondary N) is 2. The molecule has 8 nitrogen and oxygen atoms in total. The van der Waals surface area contributed by atoms with Gasteiger partial charge in [0.2, 0.25) is 0 Å². The summed E-state index contributed by atoms with van der Waals surface area (Å²) in [5, 5.41) is 16.1. The molecule has 3 rings (SSSR count). The van der Waals surface area contributed by atoms with Crippen molar-refractivity contribution in [1.29, 1.82) is 0 Å². The number of anilines is 1. The number of nitrogens with zero attached hydrogens (tertiary/aromatic N) is 4. The first-order valence-corrected chi connectivity index (χ1v) is 10.7. The smallest absolute Gasteiger partial charge is 0.191 e. The van der Waals surface area contributed by atoms with Crippen LogP contribution in [0.5, 0.6) is 0 Å². The van der Waals surface area contributed by atoms with Gasteiger partial charge in [0.1, 0.15) is 5.82 Å². The molecule has 2 aliphatic rings. The van der Waals surface area contributed by atoms with Crippen molar-refractivity contribution in [3.05, 3.63) is 23.9 Å². The number of guanidine groups is 1. The van der Waals surface area contributed by atoms with Crippen molar-refractivity contribution in [2.75, 3.05) is 71.0 Å². The van der Waals surface area contributed by atoms with Gasteiger partial charge < -0.3 is 30.3 Å². The lowest BCUT2D eigenvalue weighted by Crippen LogP contribution is -2.46. The highest BCUT2D eigenvalue weighted by Crippen LogP contribution is 2.31. The van der Waals surface area contributed by atoms with Gasteiger partial charge in [0.25, 0.3) is 0 Å². The molecule has 3 N–H and O–H groups in total. The molecule has 1 aromatic rings. The van der Waals surface area contributed by atoms with Crippen LogP contribution in [-0.2, 0) is 11.3 Å². The second-order valence-corrected chi connectivity index (χ2v) is 8.00. The van der Waals surface area contributed by atoms with Gasteiger partial charge in [-0.05, 0) is 31.0 Å². The van der Waals surface area contributed by atoms with E-state index < -0.39 is 0 Å². The van der Waals surface area contributed by atoms with Gasteiger partial charge in [-0.15, -0.1) is 24.0 Å². The number of aliphatic hydroxyl groups is 1. The van der Waals surface area contributed by atoms with E-state index in [4.69, 9.17) is 4.74 Å². The molecule has 2 aliphatic heterocycles. The van der Waals surface area contributed by atoms with Crippen LogP contribution in [0.3, 0.4) is 0 Å². The van der Waals surface area contributed by atoms with Crippen molar-refractivity contribution in [1.82, 2.24) is 20.5 Å². The fourth-order valence-electron chi connectivity index (χ4n) is 3.99. The van der Waals surface area contributed by atoms with Gasteiger partial charge in [-0.2, -0.15) is 0 Å². The van der Waals surface area contributed by atoms with Gasteiger partial charge in [-0.1, -0.05) is 13.0 Å². The number of aliphatic hydroxyl groups excluding tert-OH is 1. The zero-order valence-electron chi connectivity index (χ0n) is 18.3. The summed E-state index contributed by atoms with van der Waals surface area (Å²) in [6.45, 7) is 10.7. The van der Waals surface area contributed by atoms with Gasteiger partial charge in [-0.25, -0.2) is 4.98 Å². The summed E-state index contributed by atoms with van der Waals surface area (Å²) in [5.74, 6) is 1.81. The van der Waals surface area contributed by atoms with Crippen LogP contribution in [0.1, 0.15) is 25.3 Å². The Morgan fingerprint density at radius 3 is 2.63 bits per heavy atom. The Kier molecular flexibility index (Phi) is 10.6. The SMILES string of the molecule is CCN1CCN(c2ccc(CNC(=NC)NCC3(CCO)CCOC3)cn2)CC1.I. The highest BCUT2D eigenvalue weighted by atomic mass is 127. The van der Waals surface area contributed by atoms with E-state index in [0.717, 1.165) is 76.1 Å². The molecule has 0 radical (unpaired) electrons. The number of aromatic nitrogens is 1. The number of hydrogen-bond acceptors (Lipinski definition) is 6. The van der Waals surface area contributed by atoms with E-state index in [0.29, 0.717) is 13.2 Å². The molecule has 0 amide bonds. The zero-order chi connectivity index (χ0) is 20.5. The number of rotatable bonds is 8. The van der Waals surface area contributed by atoms with Crippen LogP contribution in [0.4, 0.5) is 5.82 Å². The van der Waals surface area contributed by atoms with E-state index in [1.54, 1.807) is 7.05 Å². The summed E-state index contributed by atoms with van der Waals surface area (Å²) < 4.78 is 5.56. The molecule has 2 saturated heterocycles. The molecule has 0 saturated carbocycles. The summed E-state index contributed by atoms with van der Waals surface area (Å²) in [4.78, 5) is 13.8. The molecule has 0 aliphatic carbocycles. The molecule has 170 valence electrons. The third kappa shape index (κ3) is 6.93. The summed E-state index contributed by atoms with van der Waals surface area (Å²) >= 11 is 0. The first-order valence-electron chi connectivity index (χ1n) is 10.7. The molecule has 3 heterocycles. The maximum absolute atomic E-state index is 9.37. The maximum atomic E-state index is 9.37. The quantitative estimate of drug-likeness (QED) is 0.265. The number of pyridine rings is 1. The molecule has 1 unspecified atom stereocenters. The summed E-state index contributed by atoms with van der Waals surface area (Å²) in [6.07, 6.45) is 3.66. The van der Waals surface area contributed by atoms with E-state index in [1.165, 1.54) is 0 Å². The molecule has 0 aromatic carbocycles. The van der Waals surface area contributed by atoms with Crippen molar-refractivity contribution < 1.29 is 9.84 Å². The highest BCUT2D eigenvalue weighted by Gasteiger charge is 2.34. The number of piperazine rings is 1. The highest BCUT2D eigenvalue weighted by molar-refractivity contribution is 14.0. The Hall–Kier alpha value is -1.17. The lowest BCUT2D eigenvalue weighted by atomic mass is 9.84. The fraction of sp³-hybridized carbons (Fsp3) is 0.714. The standard InChI is InChI=1S/C21H36N6O2.HI/c1-3-26-8-10-27(11-9-26)19-5-4-18(14-23-19)15-24-20(22-2)25-16-21(6-12-28)7-13-29-17-21;/h4-5,14,28H,3,6-13,15-17H2,1-2H3,(H2,22,24,25);1H. The van der Waals surface area contributed by atoms with Gasteiger partial charge in [0.15, 0.2) is 5.96 Å². The molecule has 0 bridgehead atoms. The second-order valence-electron chi connectivity index (χ2n) is 8.00. The molecular formula is C21H37IN6O2. The minimum atomic E-state index is -0.00261. The van der Waals surface area contributed by atoms with E-state index in [-0.39, 0.29) is 36.0 Å². The number of likely N-dealkylation sites (N-methyl/N-ethyl adjacent to an activating group) is 1. The normalized spacial score (nSPS) is 22.6. The molecular weight excluding hydrogens is 495 g/mol. The van der Waals surface area contributed by atoms with Crippen LogP contribution >= 0.6 is 24.0 Å². The van der Waals surface area contributed by atoms with Crippen LogP contribution in [-0.4, -0.2) is 87.1 Å². The Morgan fingerprint density at radius 1 is 1.27 bits per heavy atom. The third-order valence-corrected chi connectivity index (χ3v) is 6.09. The largest absolute Gasteiger partial charge is 0.396 e. The monoisotopic (exact) mass is 532 g/mol. The van der Waals surface area contributed by atoms with Gasteiger partial charge in [0.05, 0.1) is 6.61 Å². The van der Waals surface area contributed by atoms with Gasteiger partial charge >= 0.3 is 0 Å². The van der Waals surface area contributed by atoms with E-state index in [2.05, 4.69) is 49.5 Å². The Morgan fingerprint density at radius 2 is 2.07 bits per heavy atom. The van der Waals surface area contributed by atoms with Gasteiger partial charge in [0, 0.05) is 71.1 Å². The number of hydrogen-bond donors (Lipinski definition) is 3.